The Morgan fingerprint density at radius 2 is 1.29 bits per heavy atom. The standard InChI is InChI=1S/C46H71N7O12/c1-8-9-19-31(39(60)41(47)61)49-43(63)33(24-27(2)3)51-45(65)40(46(5,6)7)52-44(64)34(25-29-16-14-13-15-28(29)4)50-42(62)32(20-22-37(56)57)48-35(54)26-53(30-17-11-10-12-18-30)36(55)21-23-38(58)59/h13-16,27,30-34,40H,8-12,17-26H2,1-7H3,(H2,47,61)(H,48,54)(H,49,63)(H,50,62)(H,51,65)(H,52,64)(H,56,57)(H,58,59)/t31-,32-,33-,34-,40+/m0/s1. The van der Waals surface area contributed by atoms with Gasteiger partial charge in [0.05, 0.1) is 19.0 Å². The average molecular weight is 914 g/mol. The van der Waals surface area contributed by atoms with E-state index in [2.05, 4.69) is 26.6 Å². The maximum atomic E-state index is 14.4. The van der Waals surface area contributed by atoms with Gasteiger partial charge in [-0.3, -0.25) is 47.9 Å². The molecular weight excluding hydrogens is 843 g/mol. The first kappa shape index (κ1) is 55.3. The van der Waals surface area contributed by atoms with Gasteiger partial charge in [-0.15, -0.1) is 0 Å². The lowest BCUT2D eigenvalue weighted by atomic mass is 9.85. The maximum absolute atomic E-state index is 14.4. The molecule has 1 fully saturated rings. The van der Waals surface area contributed by atoms with E-state index in [0.29, 0.717) is 31.2 Å². The second kappa shape index (κ2) is 26.8. The van der Waals surface area contributed by atoms with Crippen molar-refractivity contribution in [2.24, 2.45) is 17.1 Å². The van der Waals surface area contributed by atoms with Crippen LogP contribution in [-0.2, 0) is 54.4 Å². The molecule has 0 radical (unpaired) electrons. The van der Waals surface area contributed by atoms with Gasteiger partial charge < -0.3 is 47.4 Å². The van der Waals surface area contributed by atoms with Gasteiger partial charge in [-0.05, 0) is 61.5 Å². The van der Waals surface area contributed by atoms with Gasteiger partial charge in [0.25, 0.3) is 5.91 Å². The summed E-state index contributed by atoms with van der Waals surface area (Å²) in [4.78, 5) is 132. The van der Waals surface area contributed by atoms with Gasteiger partial charge in [0.1, 0.15) is 24.2 Å². The number of carbonyl (C=O) groups excluding carboxylic acids is 8. The molecule has 2 rings (SSSR count). The first-order valence-corrected chi connectivity index (χ1v) is 22.6. The highest BCUT2D eigenvalue weighted by molar-refractivity contribution is 6.37. The Bertz CT molecular complexity index is 1860. The van der Waals surface area contributed by atoms with Crippen molar-refractivity contribution in [1.29, 1.82) is 0 Å². The number of rotatable bonds is 27. The highest BCUT2D eigenvalue weighted by Crippen LogP contribution is 2.24. The van der Waals surface area contributed by atoms with Gasteiger partial charge >= 0.3 is 11.9 Å². The number of aliphatic carboxylic acids is 2. The van der Waals surface area contributed by atoms with Crippen LogP contribution in [0.3, 0.4) is 0 Å². The van der Waals surface area contributed by atoms with Gasteiger partial charge in [0.2, 0.25) is 41.2 Å². The lowest BCUT2D eigenvalue weighted by molar-refractivity contribution is -0.144. The molecule has 1 saturated carbocycles. The van der Waals surface area contributed by atoms with E-state index in [1.54, 1.807) is 52.0 Å². The fourth-order valence-electron chi connectivity index (χ4n) is 7.64. The molecule has 0 spiro atoms. The Kier molecular flexibility index (Phi) is 22.8. The minimum Gasteiger partial charge on any atom is -0.481 e. The van der Waals surface area contributed by atoms with Gasteiger partial charge in [-0.25, -0.2) is 0 Å². The predicted molar refractivity (Wildman–Crippen MR) is 239 cm³/mol. The van der Waals surface area contributed by atoms with Crippen LogP contribution < -0.4 is 32.3 Å². The van der Waals surface area contributed by atoms with E-state index in [0.717, 1.165) is 24.8 Å². The third kappa shape index (κ3) is 19.4. The van der Waals surface area contributed by atoms with E-state index in [1.165, 1.54) is 4.90 Å². The molecular formula is C46H71N7O12. The minimum absolute atomic E-state index is 0.0959. The summed E-state index contributed by atoms with van der Waals surface area (Å²) < 4.78 is 0. The number of ketones is 1. The van der Waals surface area contributed by atoms with Crippen LogP contribution in [0, 0.1) is 18.3 Å². The average Bonchev–Trinajstić information content (AvgIpc) is 3.23. The highest BCUT2D eigenvalue weighted by Gasteiger charge is 2.39. The largest absolute Gasteiger partial charge is 0.481 e. The van der Waals surface area contributed by atoms with Crippen LogP contribution in [0.1, 0.15) is 136 Å². The first-order chi connectivity index (χ1) is 30.4. The Morgan fingerprint density at radius 1 is 0.723 bits per heavy atom. The number of hydrogen-bond acceptors (Lipinski definition) is 10. The number of nitrogens with one attached hydrogen (secondary N) is 5. The Hall–Kier alpha value is -5.88. The number of carboxylic acid groups (broad SMARTS) is 2. The topological polar surface area (TPSA) is 301 Å². The molecule has 0 aromatic heterocycles. The van der Waals surface area contributed by atoms with Crippen molar-refractivity contribution in [3.05, 3.63) is 35.4 Å². The van der Waals surface area contributed by atoms with E-state index in [-0.39, 0.29) is 37.6 Å². The van der Waals surface area contributed by atoms with Crippen LogP contribution in [0.15, 0.2) is 24.3 Å². The van der Waals surface area contributed by atoms with E-state index < -0.39 is 121 Å². The molecule has 0 unspecified atom stereocenters. The molecule has 1 aliphatic carbocycles. The van der Waals surface area contributed by atoms with Crippen molar-refractivity contribution in [1.82, 2.24) is 31.5 Å². The molecule has 19 heteroatoms. The third-order valence-corrected chi connectivity index (χ3v) is 11.3. The summed E-state index contributed by atoms with van der Waals surface area (Å²) in [6.07, 6.45) is 3.36. The van der Waals surface area contributed by atoms with E-state index in [9.17, 15) is 58.2 Å². The molecule has 0 heterocycles. The number of benzene rings is 1. The zero-order valence-electron chi connectivity index (χ0n) is 39.0. The number of unbranched alkanes of at least 4 members (excludes halogenated alkanes) is 1. The van der Waals surface area contributed by atoms with Gasteiger partial charge in [0, 0.05) is 25.3 Å². The van der Waals surface area contributed by atoms with Crippen molar-refractivity contribution < 1.29 is 58.2 Å². The number of nitrogens with zero attached hydrogens (tertiary/aromatic N) is 1. The zero-order chi connectivity index (χ0) is 49.0. The molecule has 19 nitrogen and oxygen atoms in total. The highest BCUT2D eigenvalue weighted by atomic mass is 16.4. The fraction of sp³-hybridized carbons (Fsp3) is 0.652. The summed E-state index contributed by atoms with van der Waals surface area (Å²) >= 11 is 0. The molecule has 362 valence electrons. The summed E-state index contributed by atoms with van der Waals surface area (Å²) in [6.45, 7) is 11.8. The summed E-state index contributed by atoms with van der Waals surface area (Å²) in [6, 6.07) is 0.123. The van der Waals surface area contributed by atoms with Crippen LogP contribution in [0.25, 0.3) is 0 Å². The molecule has 1 aliphatic rings. The number of aryl methyl sites for hydroxylation is 1. The predicted octanol–water partition coefficient (Wildman–Crippen LogP) is 2.19. The molecule has 65 heavy (non-hydrogen) atoms. The Balaban J connectivity index is 2.47. The van der Waals surface area contributed by atoms with Crippen molar-refractivity contribution in [2.75, 3.05) is 6.54 Å². The number of carboxylic acids is 2. The van der Waals surface area contributed by atoms with Crippen LogP contribution in [0.4, 0.5) is 0 Å². The van der Waals surface area contributed by atoms with E-state index in [4.69, 9.17) is 5.73 Å². The number of carbonyl (C=O) groups is 10. The van der Waals surface area contributed by atoms with E-state index in [1.807, 2.05) is 20.8 Å². The van der Waals surface area contributed by atoms with Gasteiger partial charge in [-0.2, -0.15) is 0 Å². The smallest absolute Gasteiger partial charge is 0.303 e. The van der Waals surface area contributed by atoms with Gasteiger partial charge in [0.15, 0.2) is 0 Å². The number of nitrogens with two attached hydrogens (primary N) is 1. The number of amides is 7. The van der Waals surface area contributed by atoms with E-state index >= 15 is 0 Å². The molecule has 9 N–H and O–H groups in total. The first-order valence-electron chi connectivity index (χ1n) is 22.6. The van der Waals surface area contributed by atoms with Crippen molar-refractivity contribution in [3.8, 4) is 0 Å². The SMILES string of the molecule is CCCC[C@H](NC(=O)[C@H](CC(C)C)NC(=O)[C@@H](NC(=O)[C@H](Cc1ccccc1C)NC(=O)[C@H](CCC(=O)O)NC(=O)CN(C(=O)CCC(=O)O)C1CCCCC1)C(C)(C)C)C(=O)C(N)=O. The zero-order valence-corrected chi connectivity index (χ0v) is 39.0. The lowest BCUT2D eigenvalue weighted by Crippen LogP contribution is -2.62. The summed E-state index contributed by atoms with van der Waals surface area (Å²) in [5, 5.41) is 32.0. The van der Waals surface area contributed by atoms with Crippen molar-refractivity contribution in [3.63, 3.8) is 0 Å². The third-order valence-electron chi connectivity index (χ3n) is 11.3. The van der Waals surface area contributed by atoms with Crippen LogP contribution >= 0.6 is 0 Å². The van der Waals surface area contributed by atoms with Crippen molar-refractivity contribution in [2.45, 2.75) is 175 Å². The fourth-order valence-corrected chi connectivity index (χ4v) is 7.64. The molecule has 0 bridgehead atoms. The minimum atomic E-state index is -1.49. The molecule has 1 aromatic carbocycles. The molecule has 0 saturated heterocycles. The lowest BCUT2D eigenvalue weighted by Gasteiger charge is -2.34. The number of Topliss-reactive ketones (excluding diaryl/α,β-unsaturated/α-hetero) is 1. The second-order valence-electron chi connectivity index (χ2n) is 18.4. The Morgan fingerprint density at radius 3 is 1.85 bits per heavy atom. The quantitative estimate of drug-likeness (QED) is 0.0590. The summed E-state index contributed by atoms with van der Waals surface area (Å²) in [5.41, 5.74) is 5.68. The van der Waals surface area contributed by atoms with Crippen LogP contribution in [-0.4, -0.2) is 117 Å². The van der Waals surface area contributed by atoms with Crippen LogP contribution in [0.5, 0.6) is 0 Å². The van der Waals surface area contributed by atoms with Crippen LogP contribution in [0.2, 0.25) is 0 Å². The maximum Gasteiger partial charge on any atom is 0.303 e. The number of primary amides is 1. The summed E-state index contributed by atoms with van der Waals surface area (Å²) in [7, 11) is 0. The summed E-state index contributed by atoms with van der Waals surface area (Å²) in [5.74, 6) is -9.31. The molecule has 5 atom stereocenters. The molecule has 0 aliphatic heterocycles. The van der Waals surface area contributed by atoms with Gasteiger partial charge in [-0.1, -0.05) is 97.9 Å². The number of hydrogen-bond donors (Lipinski definition) is 8. The molecule has 7 amide bonds. The molecule has 1 aromatic rings. The monoisotopic (exact) mass is 914 g/mol. The Labute approximate surface area is 381 Å². The second-order valence-corrected chi connectivity index (χ2v) is 18.4. The van der Waals surface area contributed by atoms with Crippen molar-refractivity contribution >= 4 is 59.1 Å². The normalized spacial score (nSPS) is 15.3.